The highest BCUT2D eigenvalue weighted by Crippen LogP contribution is 2.31. The van der Waals surface area contributed by atoms with Crippen molar-refractivity contribution in [2.45, 2.75) is 31.7 Å². The molecular weight excluding hydrogens is 422 g/mol. The third-order valence-electron chi connectivity index (χ3n) is 5.74. The Morgan fingerprint density at radius 3 is 2.41 bits per heavy atom. The molecule has 32 heavy (non-hydrogen) atoms. The van der Waals surface area contributed by atoms with Crippen LogP contribution in [0, 0.1) is 0 Å². The standard InChI is InChI=1S/C26H24ClN3O2/c27-18-14-17-15-24(30-25(17)23(16-18)28-19-6-4-5-7-19)26(31)29-20-10-12-22(13-11-20)32-21-8-2-1-3-9-21/h1-3,8-16,19,28,30H,4-7H2,(H,29,31). The summed E-state index contributed by atoms with van der Waals surface area (Å²) in [5, 5.41) is 8.09. The molecule has 5 nitrogen and oxygen atoms in total. The van der Waals surface area contributed by atoms with Gasteiger partial charge in [0.1, 0.15) is 17.2 Å². The molecule has 1 aromatic heterocycles. The fraction of sp³-hybridized carbons (Fsp3) is 0.192. The van der Waals surface area contributed by atoms with E-state index >= 15 is 0 Å². The molecule has 0 atom stereocenters. The molecular formula is C26H24ClN3O2. The van der Waals surface area contributed by atoms with Gasteiger partial charge in [-0.2, -0.15) is 0 Å². The van der Waals surface area contributed by atoms with E-state index in [2.05, 4.69) is 15.6 Å². The number of hydrogen-bond acceptors (Lipinski definition) is 3. The number of aromatic nitrogens is 1. The van der Waals surface area contributed by atoms with Crippen LogP contribution in [0.4, 0.5) is 11.4 Å². The molecule has 1 amide bonds. The maximum Gasteiger partial charge on any atom is 0.272 e. The van der Waals surface area contributed by atoms with Crippen LogP contribution >= 0.6 is 11.6 Å². The van der Waals surface area contributed by atoms with Crippen molar-refractivity contribution in [3.8, 4) is 11.5 Å². The summed E-state index contributed by atoms with van der Waals surface area (Å²) in [6.07, 6.45) is 4.81. The first-order valence-electron chi connectivity index (χ1n) is 10.9. The average molecular weight is 446 g/mol. The lowest BCUT2D eigenvalue weighted by Crippen LogP contribution is -2.15. The summed E-state index contributed by atoms with van der Waals surface area (Å²) in [6, 6.07) is 23.0. The first-order valence-corrected chi connectivity index (χ1v) is 11.2. The smallest absolute Gasteiger partial charge is 0.272 e. The van der Waals surface area contributed by atoms with Crippen LogP contribution in [-0.2, 0) is 0 Å². The second-order valence-corrected chi connectivity index (χ2v) is 8.56. The van der Waals surface area contributed by atoms with E-state index in [1.54, 1.807) is 0 Å². The van der Waals surface area contributed by atoms with Crippen LogP contribution in [0.25, 0.3) is 10.9 Å². The molecule has 0 saturated heterocycles. The molecule has 1 aliphatic carbocycles. The van der Waals surface area contributed by atoms with Gasteiger partial charge in [0.15, 0.2) is 0 Å². The van der Waals surface area contributed by atoms with E-state index in [9.17, 15) is 4.79 Å². The number of carbonyl (C=O) groups excluding carboxylic acids is 1. The van der Waals surface area contributed by atoms with E-state index in [0.29, 0.717) is 28.2 Å². The number of halogens is 1. The molecule has 5 rings (SSSR count). The Bertz CT molecular complexity index is 1230. The van der Waals surface area contributed by atoms with Gasteiger partial charge in [-0.25, -0.2) is 0 Å². The van der Waals surface area contributed by atoms with Crippen LogP contribution < -0.4 is 15.4 Å². The van der Waals surface area contributed by atoms with Crippen molar-refractivity contribution in [2.75, 3.05) is 10.6 Å². The summed E-state index contributed by atoms with van der Waals surface area (Å²) < 4.78 is 5.80. The Hall–Kier alpha value is -3.44. The monoisotopic (exact) mass is 445 g/mol. The topological polar surface area (TPSA) is 66.2 Å². The van der Waals surface area contributed by atoms with Crippen molar-refractivity contribution < 1.29 is 9.53 Å². The first-order chi connectivity index (χ1) is 15.6. The van der Waals surface area contributed by atoms with Gasteiger partial charge in [0.25, 0.3) is 5.91 Å². The lowest BCUT2D eigenvalue weighted by Gasteiger charge is -2.14. The number of carbonyl (C=O) groups is 1. The zero-order valence-corrected chi connectivity index (χ0v) is 18.3. The van der Waals surface area contributed by atoms with Crippen LogP contribution in [0.3, 0.4) is 0 Å². The van der Waals surface area contributed by atoms with E-state index in [1.807, 2.05) is 72.8 Å². The van der Waals surface area contributed by atoms with Gasteiger partial charge in [0, 0.05) is 22.1 Å². The number of nitrogens with one attached hydrogen (secondary N) is 3. The summed E-state index contributed by atoms with van der Waals surface area (Å²) >= 11 is 6.33. The molecule has 3 aromatic carbocycles. The second-order valence-electron chi connectivity index (χ2n) is 8.12. The van der Waals surface area contributed by atoms with Crippen molar-refractivity contribution in [1.29, 1.82) is 0 Å². The van der Waals surface area contributed by atoms with Gasteiger partial charge in [-0.15, -0.1) is 0 Å². The molecule has 1 heterocycles. The van der Waals surface area contributed by atoms with E-state index in [4.69, 9.17) is 16.3 Å². The molecule has 4 aromatic rings. The number of aromatic amines is 1. The molecule has 162 valence electrons. The molecule has 0 bridgehead atoms. The van der Waals surface area contributed by atoms with E-state index in [1.165, 1.54) is 12.8 Å². The molecule has 1 fully saturated rings. The Balaban J connectivity index is 1.31. The van der Waals surface area contributed by atoms with Gasteiger partial charge in [0.2, 0.25) is 0 Å². The molecule has 0 unspecified atom stereocenters. The zero-order valence-electron chi connectivity index (χ0n) is 17.5. The van der Waals surface area contributed by atoms with Crippen molar-refractivity contribution in [3.63, 3.8) is 0 Å². The lowest BCUT2D eigenvalue weighted by atomic mass is 10.2. The van der Waals surface area contributed by atoms with Gasteiger partial charge in [-0.1, -0.05) is 42.6 Å². The Kier molecular flexibility index (Phi) is 5.73. The number of H-pyrrole nitrogens is 1. The van der Waals surface area contributed by atoms with Gasteiger partial charge >= 0.3 is 0 Å². The molecule has 0 radical (unpaired) electrons. The van der Waals surface area contributed by atoms with Gasteiger partial charge in [0.05, 0.1) is 11.2 Å². The second kappa shape index (κ2) is 8.97. The van der Waals surface area contributed by atoms with Crippen LogP contribution in [0.15, 0.2) is 72.8 Å². The first kappa shape index (κ1) is 20.5. The zero-order chi connectivity index (χ0) is 21.9. The molecule has 3 N–H and O–H groups in total. The van der Waals surface area contributed by atoms with Crippen LogP contribution in [0.5, 0.6) is 11.5 Å². The summed E-state index contributed by atoms with van der Waals surface area (Å²) in [7, 11) is 0. The van der Waals surface area contributed by atoms with Gasteiger partial charge < -0.3 is 20.4 Å². The highest BCUT2D eigenvalue weighted by molar-refractivity contribution is 6.32. The number of hydrogen-bond donors (Lipinski definition) is 3. The number of benzene rings is 3. The molecule has 0 spiro atoms. The predicted molar refractivity (Wildman–Crippen MR) is 130 cm³/mol. The maximum atomic E-state index is 12.9. The molecule has 0 aliphatic heterocycles. The molecule has 1 saturated carbocycles. The normalized spacial score (nSPS) is 13.9. The maximum absolute atomic E-state index is 12.9. The lowest BCUT2D eigenvalue weighted by molar-refractivity contribution is 0.102. The summed E-state index contributed by atoms with van der Waals surface area (Å²) in [5.41, 5.74) is 3.02. The fourth-order valence-electron chi connectivity index (χ4n) is 4.16. The number of amides is 1. The van der Waals surface area contributed by atoms with Crippen molar-refractivity contribution in [2.24, 2.45) is 0 Å². The number of fused-ring (bicyclic) bond motifs is 1. The van der Waals surface area contributed by atoms with Crippen molar-refractivity contribution in [1.82, 2.24) is 4.98 Å². The molecule has 6 heteroatoms. The minimum Gasteiger partial charge on any atom is -0.457 e. The van der Waals surface area contributed by atoms with Gasteiger partial charge in [-0.3, -0.25) is 4.79 Å². The van der Waals surface area contributed by atoms with Crippen LogP contribution in [0.2, 0.25) is 5.02 Å². The highest BCUT2D eigenvalue weighted by Gasteiger charge is 2.18. The van der Waals surface area contributed by atoms with Crippen molar-refractivity contribution >= 4 is 39.8 Å². The third kappa shape index (κ3) is 4.58. The Morgan fingerprint density at radius 1 is 0.938 bits per heavy atom. The number of para-hydroxylation sites is 1. The third-order valence-corrected chi connectivity index (χ3v) is 5.96. The van der Waals surface area contributed by atoms with Crippen molar-refractivity contribution in [3.05, 3.63) is 83.5 Å². The minimum atomic E-state index is -0.208. The van der Waals surface area contributed by atoms with E-state index < -0.39 is 0 Å². The average Bonchev–Trinajstić information content (AvgIpc) is 3.46. The summed E-state index contributed by atoms with van der Waals surface area (Å²) in [4.78, 5) is 16.1. The Morgan fingerprint density at radius 2 is 1.66 bits per heavy atom. The van der Waals surface area contributed by atoms with E-state index in [0.717, 1.165) is 35.2 Å². The van der Waals surface area contributed by atoms with Gasteiger partial charge in [-0.05, 0) is 67.4 Å². The SMILES string of the molecule is O=C(Nc1ccc(Oc2ccccc2)cc1)c1cc2cc(Cl)cc(NC3CCCC3)c2[nH]1. The molecule has 1 aliphatic rings. The quantitative estimate of drug-likeness (QED) is 0.293. The fourth-order valence-corrected chi connectivity index (χ4v) is 4.39. The van der Waals surface area contributed by atoms with E-state index in [-0.39, 0.29) is 5.91 Å². The summed E-state index contributed by atoms with van der Waals surface area (Å²) in [5.74, 6) is 1.26. The van der Waals surface area contributed by atoms with Crippen LogP contribution in [-0.4, -0.2) is 16.9 Å². The highest BCUT2D eigenvalue weighted by atomic mass is 35.5. The number of ether oxygens (including phenoxy) is 1. The predicted octanol–water partition coefficient (Wildman–Crippen LogP) is 7.22. The largest absolute Gasteiger partial charge is 0.457 e. The summed E-state index contributed by atoms with van der Waals surface area (Å²) in [6.45, 7) is 0. The Labute approximate surface area is 191 Å². The number of rotatable bonds is 6. The minimum absolute atomic E-state index is 0.208. The van der Waals surface area contributed by atoms with Crippen LogP contribution in [0.1, 0.15) is 36.2 Å². The number of anilines is 2.